The molecule has 0 fully saturated rings. The molecule has 0 aliphatic heterocycles. The zero-order chi connectivity index (χ0) is 31.8. The summed E-state index contributed by atoms with van der Waals surface area (Å²) in [6.45, 7) is 12.4. The summed E-state index contributed by atoms with van der Waals surface area (Å²) in [4.78, 5) is 11.6. The molecule has 0 bridgehead atoms. The van der Waals surface area contributed by atoms with Crippen molar-refractivity contribution in [1.82, 2.24) is 0 Å². The van der Waals surface area contributed by atoms with Gasteiger partial charge in [-0.15, -0.1) is 0 Å². The standard InChI is InChI=1S/C40H46ClO2P/c1-31(25-26-38-33(3)39(43-34(4)42)27-29-40(38,5)6)17-16-18-32(2)28-30-44(41,35-19-10-7-11-20-35,36-21-12-8-13-22-36)37-23-14-9-15-24-37/h7-26,28,39H,27,29-30H2,1-6H3/b18-16+,26-25+,31-17+,32-28+. The van der Waals surface area contributed by atoms with Crippen molar-refractivity contribution in [1.29, 1.82) is 0 Å². The number of hydrogen-bond acceptors (Lipinski definition) is 2. The zero-order valence-electron chi connectivity index (χ0n) is 27.0. The molecule has 0 saturated heterocycles. The van der Waals surface area contributed by atoms with E-state index >= 15 is 0 Å². The Labute approximate surface area is 269 Å². The average molecular weight is 625 g/mol. The molecule has 3 aromatic rings. The van der Waals surface area contributed by atoms with Crippen LogP contribution in [0.5, 0.6) is 0 Å². The van der Waals surface area contributed by atoms with Gasteiger partial charge in [-0.2, -0.15) is 0 Å². The number of allylic oxidation sites excluding steroid dienone is 9. The first-order valence-electron chi connectivity index (χ1n) is 15.4. The van der Waals surface area contributed by atoms with E-state index in [4.69, 9.17) is 16.0 Å². The van der Waals surface area contributed by atoms with Crippen molar-refractivity contribution >= 4 is 39.1 Å². The van der Waals surface area contributed by atoms with E-state index in [2.05, 4.69) is 162 Å². The van der Waals surface area contributed by atoms with Gasteiger partial charge in [0, 0.05) is 6.92 Å². The van der Waals surface area contributed by atoms with E-state index in [0.717, 1.165) is 45.5 Å². The van der Waals surface area contributed by atoms with E-state index in [0.29, 0.717) is 6.16 Å². The van der Waals surface area contributed by atoms with Crippen molar-refractivity contribution in [3.05, 3.63) is 150 Å². The zero-order valence-corrected chi connectivity index (χ0v) is 28.6. The molecule has 0 aromatic heterocycles. The van der Waals surface area contributed by atoms with Crippen LogP contribution >= 0.6 is 17.2 Å². The number of rotatable bonds is 10. The summed E-state index contributed by atoms with van der Waals surface area (Å²) in [6.07, 6.45) is 15.5. The summed E-state index contributed by atoms with van der Waals surface area (Å²) in [6, 6.07) is 31.8. The molecular weight excluding hydrogens is 579 g/mol. The Morgan fingerprint density at radius 2 is 1.34 bits per heavy atom. The molecule has 2 nitrogen and oxygen atoms in total. The van der Waals surface area contributed by atoms with Crippen LogP contribution in [0.2, 0.25) is 0 Å². The second-order valence-corrected chi connectivity index (χ2v) is 19.1. The summed E-state index contributed by atoms with van der Waals surface area (Å²) < 4.78 is 5.59. The van der Waals surface area contributed by atoms with Gasteiger partial charge in [-0.25, -0.2) is 0 Å². The maximum absolute atomic E-state index is 11.6. The molecule has 1 aliphatic carbocycles. The van der Waals surface area contributed by atoms with Crippen LogP contribution in [-0.2, 0) is 9.53 Å². The molecule has 4 rings (SSSR count). The van der Waals surface area contributed by atoms with Crippen LogP contribution in [0.4, 0.5) is 0 Å². The number of carbonyl (C=O) groups is 1. The molecule has 1 atom stereocenters. The summed E-state index contributed by atoms with van der Waals surface area (Å²) in [5.41, 5.74) is 4.74. The van der Waals surface area contributed by atoms with Crippen molar-refractivity contribution in [3.8, 4) is 0 Å². The Balaban J connectivity index is 1.63. The minimum absolute atomic E-state index is 0.0383. The molecule has 1 aliphatic rings. The van der Waals surface area contributed by atoms with E-state index in [1.807, 2.05) is 0 Å². The van der Waals surface area contributed by atoms with Crippen LogP contribution in [0.3, 0.4) is 0 Å². The first-order chi connectivity index (χ1) is 20.9. The number of benzene rings is 3. The van der Waals surface area contributed by atoms with Crippen molar-refractivity contribution < 1.29 is 9.53 Å². The molecule has 4 heteroatoms. The molecule has 230 valence electrons. The van der Waals surface area contributed by atoms with Gasteiger partial charge < -0.3 is 4.74 Å². The Bertz CT molecular complexity index is 1500. The fourth-order valence-corrected chi connectivity index (χ4v) is 12.0. The minimum atomic E-state index is -3.34. The first kappa shape index (κ1) is 33.4. The van der Waals surface area contributed by atoms with Crippen LogP contribution in [0.25, 0.3) is 0 Å². The monoisotopic (exact) mass is 624 g/mol. The predicted octanol–water partition coefficient (Wildman–Crippen LogP) is 9.74. The molecule has 44 heavy (non-hydrogen) atoms. The fraction of sp³-hybridized carbons (Fsp3) is 0.275. The third-order valence-corrected chi connectivity index (χ3v) is 16.0. The van der Waals surface area contributed by atoms with Gasteiger partial charge in [0.2, 0.25) is 0 Å². The molecule has 0 heterocycles. The van der Waals surface area contributed by atoms with Crippen molar-refractivity contribution in [2.75, 3.05) is 6.16 Å². The Kier molecular flexibility index (Phi) is 10.7. The van der Waals surface area contributed by atoms with Crippen LogP contribution in [0.15, 0.2) is 150 Å². The summed E-state index contributed by atoms with van der Waals surface area (Å²) in [7, 11) is 0. The van der Waals surface area contributed by atoms with Gasteiger partial charge in [-0.3, -0.25) is 4.79 Å². The van der Waals surface area contributed by atoms with E-state index in [1.165, 1.54) is 12.5 Å². The van der Waals surface area contributed by atoms with Gasteiger partial charge in [0.25, 0.3) is 0 Å². The molecule has 0 amide bonds. The van der Waals surface area contributed by atoms with E-state index in [9.17, 15) is 4.79 Å². The normalized spacial score (nSPS) is 18.8. The van der Waals surface area contributed by atoms with Crippen LogP contribution in [0.1, 0.15) is 54.4 Å². The van der Waals surface area contributed by atoms with Crippen LogP contribution in [-0.4, -0.2) is 18.2 Å². The number of hydrogen-bond donors (Lipinski definition) is 0. The summed E-state index contributed by atoms with van der Waals surface area (Å²) in [5.74, 6) is -3.56. The molecule has 0 spiro atoms. The quantitative estimate of drug-likeness (QED) is 0.127. The molecule has 3 aromatic carbocycles. The van der Waals surface area contributed by atoms with Crippen molar-refractivity contribution in [2.45, 2.75) is 60.5 Å². The number of halogens is 1. The van der Waals surface area contributed by atoms with Gasteiger partial charge in [-0.1, -0.05) is 0 Å². The summed E-state index contributed by atoms with van der Waals surface area (Å²) >= 11 is 8.20. The second kappa shape index (κ2) is 14.1. The van der Waals surface area contributed by atoms with Gasteiger partial charge in [0.05, 0.1) is 0 Å². The molecular formula is C40H46ClO2P. The third-order valence-electron chi connectivity index (χ3n) is 8.85. The van der Waals surface area contributed by atoms with Crippen molar-refractivity contribution in [2.24, 2.45) is 5.41 Å². The van der Waals surface area contributed by atoms with Gasteiger partial charge >= 0.3 is 248 Å². The van der Waals surface area contributed by atoms with E-state index in [1.54, 1.807) is 0 Å². The van der Waals surface area contributed by atoms with Gasteiger partial charge in [0.15, 0.2) is 0 Å². The van der Waals surface area contributed by atoms with E-state index in [-0.39, 0.29) is 17.5 Å². The fourth-order valence-electron chi connectivity index (χ4n) is 6.24. The third kappa shape index (κ3) is 7.26. The van der Waals surface area contributed by atoms with E-state index < -0.39 is 5.96 Å². The Hall–Kier alpha value is -3.45. The first-order valence-corrected chi connectivity index (χ1v) is 18.8. The average Bonchev–Trinajstić information content (AvgIpc) is 3.02. The molecule has 0 saturated carbocycles. The van der Waals surface area contributed by atoms with Gasteiger partial charge in [0.1, 0.15) is 0 Å². The van der Waals surface area contributed by atoms with Crippen LogP contribution in [0, 0.1) is 5.41 Å². The second-order valence-electron chi connectivity index (χ2n) is 12.5. The number of esters is 1. The molecule has 0 radical (unpaired) electrons. The molecule has 1 unspecified atom stereocenters. The number of carbonyl (C=O) groups excluding carboxylic acids is 1. The van der Waals surface area contributed by atoms with Gasteiger partial charge in [-0.05, 0) is 6.42 Å². The SMILES string of the molecule is CC(=O)OC1CCC(C)(C)C(/C=C/C(C)=C/C=C/C(C)=C/CP(Cl)(c2ccccc2)(c2ccccc2)c2ccccc2)=C1C. The Morgan fingerprint density at radius 1 is 0.841 bits per heavy atom. The predicted molar refractivity (Wildman–Crippen MR) is 193 cm³/mol. The molecule has 0 N–H and O–H groups in total. The Morgan fingerprint density at radius 3 is 1.82 bits per heavy atom. The van der Waals surface area contributed by atoms with Crippen molar-refractivity contribution in [3.63, 3.8) is 0 Å². The number of ether oxygens (including phenoxy) is 1. The topological polar surface area (TPSA) is 26.3 Å². The maximum atomic E-state index is 11.6. The van der Waals surface area contributed by atoms with Crippen LogP contribution < -0.4 is 15.9 Å². The summed E-state index contributed by atoms with van der Waals surface area (Å²) in [5, 5.41) is 3.49.